The van der Waals surface area contributed by atoms with Crippen LogP contribution in [0.15, 0.2) is 243 Å². The Morgan fingerprint density at radius 2 is 0.646 bits per heavy atom. The average Bonchev–Trinajstić information content (AvgIpc) is 3.37. The van der Waals surface area contributed by atoms with Crippen molar-refractivity contribution in [3.8, 4) is 44.5 Å². The van der Waals surface area contributed by atoms with Crippen molar-refractivity contribution in [1.82, 2.24) is 0 Å². The van der Waals surface area contributed by atoms with Crippen LogP contribution in [-0.2, 0) is 5.41 Å². The highest BCUT2D eigenvalue weighted by Gasteiger charge is 2.52. The number of hydrogen-bond donors (Lipinski definition) is 0. The van der Waals surface area contributed by atoms with Crippen molar-refractivity contribution in [3.63, 3.8) is 0 Å². The summed E-state index contributed by atoms with van der Waals surface area (Å²) >= 11 is 0. The predicted molar refractivity (Wildman–Crippen MR) is 272 cm³/mol. The maximum Gasteiger partial charge on any atom is 0.0783 e. The Morgan fingerprint density at radius 1 is 0.262 bits per heavy atom. The molecule has 2 heterocycles. The lowest BCUT2D eigenvalue weighted by Crippen LogP contribution is -2.42. The Bertz CT molecular complexity index is 3390. The van der Waals surface area contributed by atoms with Gasteiger partial charge >= 0.3 is 0 Å². The highest BCUT2D eigenvalue weighted by Crippen LogP contribution is 2.64. The summed E-state index contributed by atoms with van der Waals surface area (Å²) in [4.78, 5) is 5.00. The molecule has 0 saturated carbocycles. The zero-order chi connectivity index (χ0) is 43.5. The van der Waals surface area contributed by atoms with Crippen molar-refractivity contribution in [2.75, 3.05) is 9.80 Å². The van der Waals surface area contributed by atoms with E-state index in [1.54, 1.807) is 0 Å². The molecule has 10 aromatic rings. The van der Waals surface area contributed by atoms with Gasteiger partial charge in [0, 0.05) is 11.4 Å². The molecule has 2 heteroatoms. The fourth-order valence-electron chi connectivity index (χ4n) is 10.7. The van der Waals surface area contributed by atoms with E-state index < -0.39 is 5.41 Å². The van der Waals surface area contributed by atoms with Gasteiger partial charge in [-0.15, -0.1) is 0 Å². The Hall–Kier alpha value is -8.20. The second-order valence-corrected chi connectivity index (χ2v) is 17.4. The van der Waals surface area contributed by atoms with Crippen LogP contribution >= 0.6 is 0 Å². The molecule has 12 rings (SSSR count). The third-order valence-corrected chi connectivity index (χ3v) is 13.7. The van der Waals surface area contributed by atoms with E-state index in [2.05, 4.69) is 266 Å². The van der Waals surface area contributed by atoms with Crippen LogP contribution in [0, 0.1) is 13.8 Å². The normalized spacial score (nSPS) is 14.6. The first-order chi connectivity index (χ1) is 32.1. The average molecular weight is 831 g/mol. The lowest BCUT2D eigenvalue weighted by molar-refractivity contribution is 0.719. The number of nitrogens with zero attached hydrogens (tertiary/aromatic N) is 2. The van der Waals surface area contributed by atoms with E-state index >= 15 is 0 Å². The van der Waals surface area contributed by atoms with E-state index in [9.17, 15) is 0 Å². The summed E-state index contributed by atoms with van der Waals surface area (Å²) in [5.74, 6) is 0. The van der Waals surface area contributed by atoms with Gasteiger partial charge in [0.15, 0.2) is 0 Å². The van der Waals surface area contributed by atoms with Crippen LogP contribution in [0.4, 0.5) is 34.1 Å². The number of para-hydroxylation sites is 2. The molecule has 2 nitrogen and oxygen atoms in total. The van der Waals surface area contributed by atoms with E-state index in [4.69, 9.17) is 0 Å². The van der Waals surface area contributed by atoms with Crippen LogP contribution < -0.4 is 9.80 Å². The molecule has 0 fully saturated rings. The molecular formula is C63H46N2. The zero-order valence-electron chi connectivity index (χ0n) is 36.5. The van der Waals surface area contributed by atoms with Crippen molar-refractivity contribution >= 4 is 34.1 Å². The van der Waals surface area contributed by atoms with Crippen LogP contribution in [0.5, 0.6) is 0 Å². The molecule has 0 saturated heterocycles. The molecule has 65 heavy (non-hydrogen) atoms. The molecule has 0 aliphatic carbocycles. The largest absolute Gasteiger partial charge is 0.310 e. The van der Waals surface area contributed by atoms with Gasteiger partial charge in [0.05, 0.1) is 28.2 Å². The Balaban J connectivity index is 1.16. The molecule has 1 spiro atoms. The van der Waals surface area contributed by atoms with Crippen molar-refractivity contribution in [3.05, 3.63) is 276 Å². The smallest absolute Gasteiger partial charge is 0.0783 e. The second-order valence-electron chi connectivity index (χ2n) is 17.4. The standard InChI is InChI=1S/C63H46N2/c1-43-18-12-13-25-53(43)54-37-36-52(40-44(54)2)65-60-29-17-15-27-56(60)63(58-42-50(33-39-62(58)65)47-23-10-5-11-24-47)55-26-14-16-28-59(55)64(51-34-30-48(31-35-51)45-19-6-3-7-20-45)61-38-32-49(41-57(61)63)46-21-8-4-9-22-46/h3-42H,1-2H3. The van der Waals surface area contributed by atoms with Crippen LogP contribution in [0.2, 0.25) is 0 Å². The Labute approximate surface area is 382 Å². The molecule has 0 N–H and O–H groups in total. The monoisotopic (exact) mass is 830 g/mol. The maximum atomic E-state index is 2.51. The van der Waals surface area contributed by atoms with Crippen LogP contribution in [0.3, 0.4) is 0 Å². The lowest BCUT2D eigenvalue weighted by Gasteiger charge is -2.51. The molecule has 0 aromatic heterocycles. The molecule has 2 aliphatic heterocycles. The van der Waals surface area contributed by atoms with Gasteiger partial charge in [-0.3, -0.25) is 0 Å². The highest BCUT2D eigenvalue weighted by molar-refractivity contribution is 5.98. The van der Waals surface area contributed by atoms with Gasteiger partial charge in [-0.2, -0.15) is 0 Å². The van der Waals surface area contributed by atoms with E-state index in [1.807, 2.05) is 0 Å². The first-order valence-electron chi connectivity index (χ1n) is 22.6. The molecule has 10 aromatic carbocycles. The third-order valence-electron chi connectivity index (χ3n) is 13.7. The Morgan fingerprint density at radius 3 is 1.17 bits per heavy atom. The van der Waals surface area contributed by atoms with E-state index in [0.29, 0.717) is 0 Å². The van der Waals surface area contributed by atoms with E-state index in [1.165, 1.54) is 83.6 Å². The van der Waals surface area contributed by atoms with Gasteiger partial charge < -0.3 is 9.80 Å². The minimum Gasteiger partial charge on any atom is -0.310 e. The lowest BCUT2D eigenvalue weighted by atomic mass is 9.59. The molecule has 0 amide bonds. The number of hydrogen-bond acceptors (Lipinski definition) is 2. The van der Waals surface area contributed by atoms with Gasteiger partial charge in [-0.25, -0.2) is 0 Å². The fourth-order valence-corrected chi connectivity index (χ4v) is 10.7. The molecular weight excluding hydrogens is 785 g/mol. The van der Waals surface area contributed by atoms with Crippen LogP contribution in [-0.4, -0.2) is 0 Å². The molecule has 1 unspecified atom stereocenters. The number of rotatable bonds is 6. The molecule has 0 bridgehead atoms. The number of anilines is 6. The maximum absolute atomic E-state index is 2.51. The summed E-state index contributed by atoms with van der Waals surface area (Å²) in [5.41, 5.74) is 23.4. The molecule has 308 valence electrons. The fraction of sp³-hybridized carbons (Fsp3) is 0.0476. The number of fused-ring (bicyclic) bond motifs is 8. The van der Waals surface area contributed by atoms with Crippen molar-refractivity contribution in [2.45, 2.75) is 19.3 Å². The summed E-state index contributed by atoms with van der Waals surface area (Å²) in [5, 5.41) is 0. The SMILES string of the molecule is Cc1ccccc1-c1ccc(N2c3ccccc3C3(c4ccccc4N(c4ccc(-c5ccccc5)cc4)c4ccc(-c5ccccc5)cc43)c3cc(-c4ccccc4)ccc32)cc1C. The number of benzene rings is 10. The van der Waals surface area contributed by atoms with E-state index in [0.717, 1.165) is 28.4 Å². The summed E-state index contributed by atoms with van der Waals surface area (Å²) in [6, 6.07) is 89.7. The van der Waals surface area contributed by atoms with Gasteiger partial charge in [-0.05, 0) is 152 Å². The molecule has 1 atom stereocenters. The van der Waals surface area contributed by atoms with E-state index in [-0.39, 0.29) is 0 Å². The first kappa shape index (κ1) is 38.5. The molecule has 2 aliphatic rings. The first-order valence-corrected chi connectivity index (χ1v) is 22.6. The second kappa shape index (κ2) is 15.6. The summed E-state index contributed by atoms with van der Waals surface area (Å²) < 4.78 is 0. The summed E-state index contributed by atoms with van der Waals surface area (Å²) in [6.45, 7) is 4.45. The topological polar surface area (TPSA) is 6.48 Å². The third kappa shape index (κ3) is 6.17. The highest BCUT2D eigenvalue weighted by atomic mass is 15.2. The quantitative estimate of drug-likeness (QED) is 0.165. The van der Waals surface area contributed by atoms with Crippen molar-refractivity contribution in [1.29, 1.82) is 0 Å². The van der Waals surface area contributed by atoms with Crippen LogP contribution in [0.25, 0.3) is 44.5 Å². The van der Waals surface area contributed by atoms with Gasteiger partial charge in [0.25, 0.3) is 0 Å². The van der Waals surface area contributed by atoms with Gasteiger partial charge in [0.1, 0.15) is 0 Å². The van der Waals surface area contributed by atoms with Crippen LogP contribution in [0.1, 0.15) is 33.4 Å². The number of aryl methyl sites for hydroxylation is 2. The summed E-state index contributed by atoms with van der Waals surface area (Å²) in [7, 11) is 0. The van der Waals surface area contributed by atoms with Gasteiger partial charge in [-0.1, -0.05) is 182 Å². The zero-order valence-corrected chi connectivity index (χ0v) is 36.5. The molecule has 0 radical (unpaired) electrons. The predicted octanol–water partition coefficient (Wildman–Crippen LogP) is 16.9. The Kier molecular flexibility index (Phi) is 9.21. The van der Waals surface area contributed by atoms with Crippen molar-refractivity contribution in [2.24, 2.45) is 0 Å². The minimum absolute atomic E-state index is 0.708. The summed E-state index contributed by atoms with van der Waals surface area (Å²) in [6.07, 6.45) is 0. The van der Waals surface area contributed by atoms with Crippen molar-refractivity contribution < 1.29 is 0 Å². The van der Waals surface area contributed by atoms with Gasteiger partial charge in [0.2, 0.25) is 0 Å². The minimum atomic E-state index is -0.708.